The Bertz CT molecular complexity index is 785. The molecule has 1 aromatic carbocycles. The van der Waals surface area contributed by atoms with E-state index in [-0.39, 0.29) is 17.4 Å². The van der Waals surface area contributed by atoms with E-state index in [2.05, 4.69) is 0 Å². The molecule has 0 saturated heterocycles. The second kappa shape index (κ2) is 6.56. The van der Waals surface area contributed by atoms with Crippen molar-refractivity contribution in [3.63, 3.8) is 0 Å². The van der Waals surface area contributed by atoms with Gasteiger partial charge in [-0.2, -0.15) is 0 Å². The molecule has 2 rings (SSSR count). The lowest BCUT2D eigenvalue weighted by molar-refractivity contribution is -0.256. The van der Waals surface area contributed by atoms with Gasteiger partial charge in [0.05, 0.1) is 5.69 Å². The number of carboxylic acids is 1. The second-order valence-electron chi connectivity index (χ2n) is 5.18. The number of amides is 1. The van der Waals surface area contributed by atoms with E-state index in [1.165, 1.54) is 0 Å². The summed E-state index contributed by atoms with van der Waals surface area (Å²) in [6, 6.07) is 5.10. The van der Waals surface area contributed by atoms with Crippen LogP contribution in [0.15, 0.2) is 28.7 Å². The van der Waals surface area contributed by atoms with Gasteiger partial charge in [0.2, 0.25) is 5.91 Å². The average Bonchev–Trinajstić information content (AvgIpc) is 2.85. The van der Waals surface area contributed by atoms with Crippen LogP contribution in [-0.4, -0.2) is 29.9 Å². The molecule has 122 valence electrons. The Kier molecular flexibility index (Phi) is 4.74. The van der Waals surface area contributed by atoms with Crippen molar-refractivity contribution < 1.29 is 19.1 Å². The van der Waals surface area contributed by atoms with Crippen molar-refractivity contribution in [2.45, 2.75) is 20.8 Å². The molecule has 1 amide bonds. The van der Waals surface area contributed by atoms with E-state index < -0.39 is 5.97 Å². The third-order valence-corrected chi connectivity index (χ3v) is 3.78. The first-order chi connectivity index (χ1) is 10.9. The molecule has 0 radical (unpaired) electrons. The number of hydrogen-bond acceptors (Lipinski definition) is 5. The fourth-order valence-corrected chi connectivity index (χ4v) is 2.41. The molecule has 0 atom stereocenters. The van der Waals surface area contributed by atoms with Gasteiger partial charge < -0.3 is 25.0 Å². The topological polar surface area (TPSA) is 99.6 Å². The molecule has 0 bridgehead atoms. The van der Waals surface area contributed by atoms with Gasteiger partial charge in [-0.05, 0) is 44.0 Å². The number of nitrogen functional groups attached to an aromatic ring is 1. The number of nitrogens with zero attached hydrogens (tertiary/aromatic N) is 1. The van der Waals surface area contributed by atoms with Crippen LogP contribution in [0.3, 0.4) is 0 Å². The van der Waals surface area contributed by atoms with Gasteiger partial charge in [0.1, 0.15) is 11.6 Å². The summed E-state index contributed by atoms with van der Waals surface area (Å²) in [5, 5.41) is 11.4. The Hall–Kier alpha value is -2.76. The highest BCUT2D eigenvalue weighted by Gasteiger charge is 2.14. The standard InChI is InChI=1S/C17H20N2O4/c1-4-19(5-2)14(20)8-10(3)11-6-7-13-12(9-11)15(18)16(23-13)17(21)22/h6-9H,4-5,18H2,1-3H3,(H,21,22)/p-1/b10-8+. The lowest BCUT2D eigenvalue weighted by Gasteiger charge is -2.16. The van der Waals surface area contributed by atoms with Gasteiger partial charge in [-0.15, -0.1) is 0 Å². The lowest BCUT2D eigenvalue weighted by atomic mass is 10.0. The number of nitrogens with two attached hydrogens (primary N) is 1. The Morgan fingerprint density at radius 2 is 1.96 bits per heavy atom. The molecule has 0 aliphatic carbocycles. The van der Waals surface area contributed by atoms with Crippen LogP contribution in [0.4, 0.5) is 5.69 Å². The second-order valence-corrected chi connectivity index (χ2v) is 5.18. The molecule has 0 aliphatic rings. The number of furan rings is 1. The van der Waals surface area contributed by atoms with E-state index in [1.807, 2.05) is 20.8 Å². The van der Waals surface area contributed by atoms with Crippen LogP contribution in [-0.2, 0) is 4.79 Å². The highest BCUT2D eigenvalue weighted by Crippen LogP contribution is 2.30. The van der Waals surface area contributed by atoms with E-state index >= 15 is 0 Å². The predicted molar refractivity (Wildman–Crippen MR) is 86.5 cm³/mol. The number of anilines is 1. The van der Waals surface area contributed by atoms with Gasteiger partial charge in [-0.3, -0.25) is 4.79 Å². The summed E-state index contributed by atoms with van der Waals surface area (Å²) in [7, 11) is 0. The maximum Gasteiger partial charge on any atom is 0.246 e. The summed E-state index contributed by atoms with van der Waals surface area (Å²) in [5.41, 5.74) is 7.73. The van der Waals surface area contributed by atoms with Crippen LogP contribution in [0.1, 0.15) is 36.9 Å². The average molecular weight is 315 g/mol. The maximum atomic E-state index is 12.1. The van der Waals surface area contributed by atoms with Crippen LogP contribution in [0, 0.1) is 0 Å². The number of rotatable bonds is 5. The van der Waals surface area contributed by atoms with E-state index in [9.17, 15) is 14.7 Å². The third-order valence-electron chi connectivity index (χ3n) is 3.78. The van der Waals surface area contributed by atoms with Gasteiger partial charge in [-0.25, -0.2) is 0 Å². The highest BCUT2D eigenvalue weighted by atomic mass is 16.4. The molecule has 23 heavy (non-hydrogen) atoms. The fraction of sp³-hybridized carbons (Fsp3) is 0.294. The first-order valence-electron chi connectivity index (χ1n) is 7.39. The number of likely N-dealkylation sites (N-methyl/N-ethyl adjacent to an activating group) is 1. The number of carbonyl (C=O) groups is 2. The summed E-state index contributed by atoms with van der Waals surface area (Å²) >= 11 is 0. The first kappa shape index (κ1) is 16.6. The number of fused-ring (bicyclic) bond motifs is 1. The van der Waals surface area contributed by atoms with E-state index in [4.69, 9.17) is 10.2 Å². The summed E-state index contributed by atoms with van der Waals surface area (Å²) in [4.78, 5) is 24.8. The zero-order chi connectivity index (χ0) is 17.1. The molecule has 6 heteroatoms. The molecule has 2 aromatic rings. The van der Waals surface area contributed by atoms with Gasteiger partial charge in [-0.1, -0.05) is 6.07 Å². The largest absolute Gasteiger partial charge is 0.541 e. The smallest absolute Gasteiger partial charge is 0.246 e. The third kappa shape index (κ3) is 3.21. The molecule has 0 unspecified atom stereocenters. The maximum absolute atomic E-state index is 12.1. The molecule has 0 spiro atoms. The van der Waals surface area contributed by atoms with Crippen LogP contribution in [0.5, 0.6) is 0 Å². The van der Waals surface area contributed by atoms with E-state index in [0.29, 0.717) is 24.1 Å². The molecular weight excluding hydrogens is 296 g/mol. The minimum Gasteiger partial charge on any atom is -0.541 e. The van der Waals surface area contributed by atoms with Crippen LogP contribution in [0.2, 0.25) is 0 Å². The zero-order valence-electron chi connectivity index (χ0n) is 13.4. The summed E-state index contributed by atoms with van der Waals surface area (Å²) < 4.78 is 5.17. The summed E-state index contributed by atoms with van der Waals surface area (Å²) in [5.74, 6) is -1.90. The van der Waals surface area contributed by atoms with Gasteiger partial charge >= 0.3 is 0 Å². The number of carboxylic acid groups (broad SMARTS) is 1. The number of aromatic carboxylic acids is 1. The monoisotopic (exact) mass is 315 g/mol. The fourth-order valence-electron chi connectivity index (χ4n) is 2.41. The molecule has 1 heterocycles. The summed E-state index contributed by atoms with van der Waals surface area (Å²) in [6.45, 7) is 6.94. The van der Waals surface area contributed by atoms with Gasteiger partial charge in [0.15, 0.2) is 5.76 Å². The quantitative estimate of drug-likeness (QED) is 0.846. The lowest BCUT2D eigenvalue weighted by Crippen LogP contribution is -2.28. The van der Waals surface area contributed by atoms with Crippen molar-refractivity contribution in [3.8, 4) is 0 Å². The van der Waals surface area contributed by atoms with Gasteiger partial charge in [0.25, 0.3) is 0 Å². The van der Waals surface area contributed by atoms with Crippen LogP contribution >= 0.6 is 0 Å². The molecule has 0 fully saturated rings. The number of benzene rings is 1. The molecule has 0 saturated carbocycles. The van der Waals surface area contributed by atoms with Crippen molar-refractivity contribution in [1.82, 2.24) is 4.90 Å². The molecular formula is C17H19N2O4-. The van der Waals surface area contributed by atoms with Crippen molar-refractivity contribution in [1.29, 1.82) is 0 Å². The Morgan fingerprint density at radius 3 is 2.52 bits per heavy atom. The van der Waals surface area contributed by atoms with Crippen molar-refractivity contribution in [2.24, 2.45) is 0 Å². The number of carbonyl (C=O) groups excluding carboxylic acids is 2. The Morgan fingerprint density at radius 1 is 1.30 bits per heavy atom. The van der Waals surface area contributed by atoms with Crippen molar-refractivity contribution in [3.05, 3.63) is 35.6 Å². The molecule has 2 N–H and O–H groups in total. The number of allylic oxidation sites excluding steroid dienone is 1. The van der Waals surface area contributed by atoms with Crippen molar-refractivity contribution in [2.75, 3.05) is 18.8 Å². The predicted octanol–water partition coefficient (Wildman–Crippen LogP) is 1.65. The number of hydrogen-bond donors (Lipinski definition) is 1. The van der Waals surface area contributed by atoms with Crippen LogP contribution < -0.4 is 10.8 Å². The highest BCUT2D eigenvalue weighted by molar-refractivity contribution is 6.03. The first-order valence-corrected chi connectivity index (χ1v) is 7.39. The summed E-state index contributed by atoms with van der Waals surface area (Å²) in [6.07, 6.45) is 1.56. The van der Waals surface area contributed by atoms with Gasteiger partial charge in [0, 0.05) is 24.6 Å². The Balaban J connectivity index is 2.42. The minimum absolute atomic E-state index is 0.0321. The SMILES string of the molecule is CCN(CC)C(=O)/C=C(\C)c1ccc2oc(C(=O)[O-])c(N)c2c1. The van der Waals surface area contributed by atoms with E-state index in [0.717, 1.165) is 11.1 Å². The zero-order valence-corrected chi connectivity index (χ0v) is 13.4. The van der Waals surface area contributed by atoms with E-state index in [1.54, 1.807) is 29.2 Å². The van der Waals surface area contributed by atoms with Crippen LogP contribution in [0.25, 0.3) is 16.5 Å². The van der Waals surface area contributed by atoms with Crippen molar-refractivity contribution >= 4 is 34.1 Å². The Labute approximate surface area is 134 Å². The molecule has 6 nitrogen and oxygen atoms in total. The molecule has 0 aliphatic heterocycles. The molecule has 1 aromatic heterocycles. The normalized spacial score (nSPS) is 11.7. The minimum atomic E-state index is -1.45.